The number of pyridine rings is 1. The van der Waals surface area contributed by atoms with Crippen LogP contribution in [0.3, 0.4) is 0 Å². The lowest BCUT2D eigenvalue weighted by atomic mass is 10.1. The van der Waals surface area contributed by atoms with Crippen molar-refractivity contribution in [3.63, 3.8) is 0 Å². The summed E-state index contributed by atoms with van der Waals surface area (Å²) >= 11 is 0. The molecule has 0 spiro atoms. The number of rotatable bonds is 6. The Balaban J connectivity index is 1.44. The molecule has 1 amide bonds. The third kappa shape index (κ3) is 4.95. The standard InChI is InChI=1S/C26H23FN6O2/c1-2-24(34)30-18-8-9-28-23(14-18)20-5-3-4-17-16-29-26(32-25(17)20)31-22-7-6-19(15-21(22)27)33-10-12-35-13-11-33/h2-9,14-16H,1,10-13H2,(H,28,30,34)(H,29,31,32). The van der Waals surface area contributed by atoms with Gasteiger partial charge in [-0.25, -0.2) is 14.4 Å². The third-order valence-electron chi connectivity index (χ3n) is 5.68. The molecule has 2 aromatic carbocycles. The molecule has 2 aromatic heterocycles. The highest BCUT2D eigenvalue weighted by Crippen LogP contribution is 2.29. The molecular weight excluding hydrogens is 447 g/mol. The van der Waals surface area contributed by atoms with E-state index in [0.29, 0.717) is 30.1 Å². The van der Waals surface area contributed by atoms with E-state index in [9.17, 15) is 9.18 Å². The number of nitrogens with zero attached hydrogens (tertiary/aromatic N) is 4. The van der Waals surface area contributed by atoms with Crippen LogP contribution in [-0.4, -0.2) is 47.2 Å². The predicted molar refractivity (Wildman–Crippen MR) is 134 cm³/mol. The van der Waals surface area contributed by atoms with Crippen LogP contribution in [0, 0.1) is 5.82 Å². The van der Waals surface area contributed by atoms with Gasteiger partial charge in [-0.2, -0.15) is 0 Å². The first-order chi connectivity index (χ1) is 17.1. The Bertz CT molecular complexity index is 1400. The molecular formula is C26H23FN6O2. The average Bonchev–Trinajstić information content (AvgIpc) is 2.90. The Hall–Kier alpha value is -4.37. The summed E-state index contributed by atoms with van der Waals surface area (Å²) < 4.78 is 20.3. The maximum atomic E-state index is 14.9. The Kier molecular flexibility index (Phi) is 6.32. The molecule has 1 fully saturated rings. The van der Waals surface area contributed by atoms with Gasteiger partial charge in [-0.05, 0) is 36.4 Å². The van der Waals surface area contributed by atoms with Crippen molar-refractivity contribution in [3.8, 4) is 11.3 Å². The van der Waals surface area contributed by atoms with Gasteiger partial charge in [0.05, 0.1) is 30.1 Å². The zero-order chi connectivity index (χ0) is 24.2. The molecule has 3 heterocycles. The lowest BCUT2D eigenvalue weighted by Crippen LogP contribution is -2.36. The number of carbonyl (C=O) groups excluding carboxylic acids is 1. The van der Waals surface area contributed by atoms with Crippen LogP contribution in [0.4, 0.5) is 27.4 Å². The zero-order valence-corrected chi connectivity index (χ0v) is 18.9. The molecule has 35 heavy (non-hydrogen) atoms. The molecule has 8 nitrogen and oxygen atoms in total. The van der Waals surface area contributed by atoms with Crippen molar-refractivity contribution in [3.05, 3.63) is 79.4 Å². The SMILES string of the molecule is C=CC(=O)Nc1ccnc(-c2cccc3cnc(Nc4ccc(N5CCOCC5)cc4F)nc23)c1. The van der Waals surface area contributed by atoms with Crippen molar-refractivity contribution in [2.45, 2.75) is 0 Å². The van der Waals surface area contributed by atoms with Crippen LogP contribution in [0.2, 0.25) is 0 Å². The molecule has 9 heteroatoms. The summed E-state index contributed by atoms with van der Waals surface area (Å²) in [6.07, 6.45) is 4.49. The number of fused-ring (bicyclic) bond motifs is 1. The van der Waals surface area contributed by atoms with E-state index < -0.39 is 5.82 Å². The third-order valence-corrected chi connectivity index (χ3v) is 5.68. The summed E-state index contributed by atoms with van der Waals surface area (Å²) in [6.45, 7) is 6.20. The van der Waals surface area contributed by atoms with Crippen molar-refractivity contribution < 1.29 is 13.9 Å². The lowest BCUT2D eigenvalue weighted by molar-refractivity contribution is -0.111. The molecule has 4 aromatic rings. The Labute approximate surface area is 201 Å². The minimum absolute atomic E-state index is 0.263. The maximum Gasteiger partial charge on any atom is 0.247 e. The van der Waals surface area contributed by atoms with Crippen LogP contribution in [0.5, 0.6) is 0 Å². The lowest BCUT2D eigenvalue weighted by Gasteiger charge is -2.29. The zero-order valence-electron chi connectivity index (χ0n) is 18.9. The van der Waals surface area contributed by atoms with Crippen molar-refractivity contribution in [1.82, 2.24) is 15.0 Å². The number of para-hydroxylation sites is 1. The molecule has 1 aliphatic rings. The second-order valence-corrected chi connectivity index (χ2v) is 7.95. The van der Waals surface area contributed by atoms with Gasteiger partial charge in [0.15, 0.2) is 0 Å². The molecule has 0 aliphatic carbocycles. The molecule has 2 N–H and O–H groups in total. The average molecular weight is 471 g/mol. The van der Waals surface area contributed by atoms with Gasteiger partial charge in [-0.3, -0.25) is 9.78 Å². The number of carbonyl (C=O) groups is 1. The highest BCUT2D eigenvalue weighted by atomic mass is 19.1. The number of morpholine rings is 1. The highest BCUT2D eigenvalue weighted by Gasteiger charge is 2.15. The fraction of sp³-hybridized carbons (Fsp3) is 0.154. The molecule has 0 atom stereocenters. The van der Waals surface area contributed by atoms with Gasteiger partial charge in [-0.1, -0.05) is 24.8 Å². The van der Waals surface area contributed by atoms with E-state index in [1.165, 1.54) is 12.1 Å². The number of nitrogens with one attached hydrogen (secondary N) is 2. The molecule has 0 unspecified atom stereocenters. The van der Waals surface area contributed by atoms with E-state index in [4.69, 9.17) is 4.74 Å². The summed E-state index contributed by atoms with van der Waals surface area (Å²) in [5.41, 5.74) is 3.72. The number of hydrogen-bond acceptors (Lipinski definition) is 7. The van der Waals surface area contributed by atoms with E-state index in [-0.39, 0.29) is 17.5 Å². The summed E-state index contributed by atoms with van der Waals surface area (Å²) in [5, 5.41) is 6.53. The van der Waals surface area contributed by atoms with Crippen LogP contribution in [-0.2, 0) is 9.53 Å². The van der Waals surface area contributed by atoms with Crippen LogP contribution >= 0.6 is 0 Å². The van der Waals surface area contributed by atoms with Crippen molar-refractivity contribution in [2.24, 2.45) is 0 Å². The van der Waals surface area contributed by atoms with Gasteiger partial charge in [-0.15, -0.1) is 0 Å². The van der Waals surface area contributed by atoms with E-state index in [1.807, 2.05) is 24.3 Å². The Morgan fingerprint density at radius 2 is 1.97 bits per heavy atom. The van der Waals surface area contributed by atoms with Gasteiger partial charge in [0.1, 0.15) is 5.82 Å². The topological polar surface area (TPSA) is 92.3 Å². The van der Waals surface area contributed by atoms with Crippen molar-refractivity contribution in [2.75, 3.05) is 41.8 Å². The predicted octanol–water partition coefficient (Wildman–Crippen LogP) is 4.54. The molecule has 176 valence electrons. The van der Waals surface area contributed by atoms with Gasteiger partial charge in [0, 0.05) is 47.8 Å². The first-order valence-electron chi connectivity index (χ1n) is 11.2. The minimum atomic E-state index is -0.390. The van der Waals surface area contributed by atoms with Crippen LogP contribution in [0.25, 0.3) is 22.2 Å². The molecule has 0 saturated carbocycles. The molecule has 1 saturated heterocycles. The van der Waals surface area contributed by atoms with E-state index in [1.54, 1.807) is 30.6 Å². The second kappa shape index (κ2) is 9.86. The number of aromatic nitrogens is 3. The summed E-state index contributed by atoms with van der Waals surface area (Å²) in [5.74, 6) is -0.437. The first-order valence-corrected chi connectivity index (χ1v) is 11.2. The number of halogens is 1. The Morgan fingerprint density at radius 1 is 1.11 bits per heavy atom. The number of hydrogen-bond donors (Lipinski definition) is 2. The fourth-order valence-electron chi connectivity index (χ4n) is 3.92. The largest absolute Gasteiger partial charge is 0.378 e. The van der Waals surface area contributed by atoms with Crippen LogP contribution in [0.15, 0.2) is 73.6 Å². The monoisotopic (exact) mass is 470 g/mol. The summed E-state index contributed by atoms with van der Waals surface area (Å²) in [6, 6.07) is 14.2. The number of amides is 1. The second-order valence-electron chi connectivity index (χ2n) is 7.95. The molecule has 5 rings (SSSR count). The number of anilines is 4. The van der Waals surface area contributed by atoms with Gasteiger partial charge < -0.3 is 20.3 Å². The van der Waals surface area contributed by atoms with Gasteiger partial charge >= 0.3 is 0 Å². The minimum Gasteiger partial charge on any atom is -0.378 e. The smallest absolute Gasteiger partial charge is 0.247 e. The molecule has 1 aliphatic heterocycles. The normalized spacial score (nSPS) is 13.5. The van der Waals surface area contributed by atoms with Gasteiger partial charge in [0.25, 0.3) is 0 Å². The summed E-state index contributed by atoms with van der Waals surface area (Å²) in [4.78, 5) is 27.2. The van der Waals surface area contributed by atoms with E-state index in [0.717, 1.165) is 29.7 Å². The maximum absolute atomic E-state index is 14.9. The fourth-order valence-corrected chi connectivity index (χ4v) is 3.92. The van der Waals surface area contributed by atoms with Crippen molar-refractivity contribution >= 4 is 39.8 Å². The van der Waals surface area contributed by atoms with E-state index >= 15 is 0 Å². The van der Waals surface area contributed by atoms with Crippen LogP contribution in [0.1, 0.15) is 0 Å². The van der Waals surface area contributed by atoms with Crippen molar-refractivity contribution in [1.29, 1.82) is 0 Å². The highest BCUT2D eigenvalue weighted by molar-refractivity contribution is 5.99. The summed E-state index contributed by atoms with van der Waals surface area (Å²) in [7, 11) is 0. The molecule has 0 bridgehead atoms. The number of ether oxygens (including phenoxy) is 1. The van der Waals surface area contributed by atoms with E-state index in [2.05, 4.69) is 37.1 Å². The quantitative estimate of drug-likeness (QED) is 0.400. The first kappa shape index (κ1) is 22.4. The molecule has 0 radical (unpaired) electrons. The Morgan fingerprint density at radius 3 is 2.77 bits per heavy atom. The van der Waals surface area contributed by atoms with Gasteiger partial charge in [0.2, 0.25) is 11.9 Å². The van der Waals surface area contributed by atoms with Crippen LogP contribution < -0.4 is 15.5 Å². The number of benzene rings is 2.